The molecule has 0 radical (unpaired) electrons. The van der Waals surface area contributed by atoms with Gasteiger partial charge in [0.2, 0.25) is 15.2 Å². The van der Waals surface area contributed by atoms with Crippen LogP contribution in [-0.4, -0.2) is 46.5 Å². The summed E-state index contributed by atoms with van der Waals surface area (Å²) in [6.45, 7) is 1.20. The van der Waals surface area contributed by atoms with E-state index in [2.05, 4.69) is 14.7 Å². The van der Waals surface area contributed by atoms with Crippen molar-refractivity contribution >= 4 is 26.7 Å². The number of hydrogen-bond donors (Lipinski definition) is 1. The number of rotatable bonds is 5. The molecule has 2 aromatic rings. The lowest BCUT2D eigenvalue weighted by atomic mass is 10.1. The van der Waals surface area contributed by atoms with Gasteiger partial charge in [0.1, 0.15) is 0 Å². The molecular formula is C16H20N4O2S2. The summed E-state index contributed by atoms with van der Waals surface area (Å²) < 4.78 is 30.6. The summed E-state index contributed by atoms with van der Waals surface area (Å²) in [5.74, 6) is 0.733. The predicted octanol–water partition coefficient (Wildman–Crippen LogP) is 2.57. The van der Waals surface area contributed by atoms with Crippen molar-refractivity contribution in [3.05, 3.63) is 30.3 Å². The first-order valence-electron chi connectivity index (χ1n) is 8.27. The van der Waals surface area contributed by atoms with Gasteiger partial charge in [-0.25, -0.2) is 12.7 Å². The standard InChI is InChI=1S/C16H20N4O2S2/c21-24(22,14-6-7-14)20-10-8-13(9-11-20)17-16-18-15(19-23-16)12-4-2-1-3-5-12/h1-5,13-14H,6-11H2,(H,17,18,19). The maximum absolute atomic E-state index is 12.3. The Labute approximate surface area is 146 Å². The molecule has 1 aromatic carbocycles. The van der Waals surface area contributed by atoms with Gasteiger partial charge in [-0.15, -0.1) is 0 Å². The van der Waals surface area contributed by atoms with E-state index in [1.165, 1.54) is 11.5 Å². The third kappa shape index (κ3) is 3.31. The number of piperidine rings is 1. The second kappa shape index (κ2) is 6.42. The lowest BCUT2D eigenvalue weighted by Crippen LogP contribution is -2.43. The lowest BCUT2D eigenvalue weighted by Gasteiger charge is -2.31. The van der Waals surface area contributed by atoms with Crippen LogP contribution in [0.3, 0.4) is 0 Å². The Kier molecular flexibility index (Phi) is 4.28. The van der Waals surface area contributed by atoms with E-state index in [1.54, 1.807) is 4.31 Å². The van der Waals surface area contributed by atoms with Crippen LogP contribution in [0.2, 0.25) is 0 Å². The van der Waals surface area contributed by atoms with E-state index >= 15 is 0 Å². The van der Waals surface area contributed by atoms with Gasteiger partial charge in [0.05, 0.1) is 5.25 Å². The quantitative estimate of drug-likeness (QED) is 0.882. The van der Waals surface area contributed by atoms with Crippen molar-refractivity contribution in [3.63, 3.8) is 0 Å². The van der Waals surface area contributed by atoms with Crippen molar-refractivity contribution in [2.75, 3.05) is 18.4 Å². The fourth-order valence-electron chi connectivity index (χ4n) is 2.99. The Bertz CT molecular complexity index is 794. The van der Waals surface area contributed by atoms with Crippen LogP contribution in [-0.2, 0) is 10.0 Å². The first-order valence-corrected chi connectivity index (χ1v) is 10.6. The van der Waals surface area contributed by atoms with Crippen molar-refractivity contribution in [2.24, 2.45) is 0 Å². The van der Waals surface area contributed by atoms with Crippen LogP contribution in [0, 0.1) is 0 Å². The maximum atomic E-state index is 12.3. The molecule has 1 aliphatic carbocycles. The highest BCUT2D eigenvalue weighted by atomic mass is 32.2. The molecule has 0 bridgehead atoms. The molecule has 8 heteroatoms. The van der Waals surface area contributed by atoms with Gasteiger partial charge in [-0.3, -0.25) is 0 Å². The highest BCUT2D eigenvalue weighted by molar-refractivity contribution is 7.90. The summed E-state index contributed by atoms with van der Waals surface area (Å²) in [6.07, 6.45) is 3.28. The summed E-state index contributed by atoms with van der Waals surface area (Å²) in [7, 11) is -3.04. The Morgan fingerprint density at radius 2 is 1.79 bits per heavy atom. The Balaban J connectivity index is 1.35. The summed E-state index contributed by atoms with van der Waals surface area (Å²) in [4.78, 5) is 4.55. The van der Waals surface area contributed by atoms with Crippen LogP contribution < -0.4 is 5.32 Å². The van der Waals surface area contributed by atoms with E-state index in [1.807, 2.05) is 30.3 Å². The Hall–Kier alpha value is -1.51. The number of aromatic nitrogens is 2. The summed E-state index contributed by atoms with van der Waals surface area (Å²) >= 11 is 1.36. The second-order valence-electron chi connectivity index (χ2n) is 6.35. The van der Waals surface area contributed by atoms with Crippen molar-refractivity contribution in [3.8, 4) is 11.4 Å². The third-order valence-corrected chi connectivity index (χ3v) is 7.59. The molecule has 128 valence electrons. The molecule has 1 aliphatic heterocycles. The van der Waals surface area contributed by atoms with Gasteiger partial charge < -0.3 is 5.32 Å². The highest BCUT2D eigenvalue weighted by Gasteiger charge is 2.41. The van der Waals surface area contributed by atoms with Gasteiger partial charge in [0.25, 0.3) is 0 Å². The van der Waals surface area contributed by atoms with E-state index in [9.17, 15) is 8.42 Å². The van der Waals surface area contributed by atoms with E-state index in [0.29, 0.717) is 13.1 Å². The van der Waals surface area contributed by atoms with Crippen molar-refractivity contribution in [1.82, 2.24) is 13.7 Å². The van der Waals surface area contributed by atoms with Gasteiger partial charge in [-0.2, -0.15) is 9.36 Å². The average Bonchev–Trinajstić information content (AvgIpc) is 3.37. The molecule has 0 spiro atoms. The largest absolute Gasteiger partial charge is 0.357 e. The topological polar surface area (TPSA) is 75.2 Å². The molecule has 1 aromatic heterocycles. The van der Waals surface area contributed by atoms with Gasteiger partial charge >= 0.3 is 0 Å². The number of benzene rings is 1. The molecule has 2 heterocycles. The normalized spacial score (nSPS) is 20.2. The molecule has 2 fully saturated rings. The van der Waals surface area contributed by atoms with E-state index < -0.39 is 10.0 Å². The van der Waals surface area contributed by atoms with Gasteiger partial charge in [-0.05, 0) is 25.7 Å². The number of anilines is 1. The molecule has 1 N–H and O–H groups in total. The molecule has 24 heavy (non-hydrogen) atoms. The number of nitrogens with one attached hydrogen (secondary N) is 1. The third-order valence-electron chi connectivity index (χ3n) is 4.55. The fraction of sp³-hybridized carbons (Fsp3) is 0.500. The molecular weight excluding hydrogens is 344 g/mol. The smallest absolute Gasteiger partial charge is 0.216 e. The monoisotopic (exact) mass is 364 g/mol. The average molecular weight is 364 g/mol. The van der Waals surface area contributed by atoms with Crippen molar-refractivity contribution in [2.45, 2.75) is 37.0 Å². The van der Waals surface area contributed by atoms with Crippen LogP contribution in [0.4, 0.5) is 5.13 Å². The van der Waals surface area contributed by atoms with E-state index in [-0.39, 0.29) is 11.3 Å². The van der Waals surface area contributed by atoms with E-state index in [4.69, 9.17) is 0 Å². The number of sulfonamides is 1. The molecule has 1 saturated carbocycles. The molecule has 0 amide bonds. The molecule has 4 rings (SSSR count). The molecule has 0 unspecified atom stereocenters. The summed E-state index contributed by atoms with van der Waals surface area (Å²) in [6, 6.07) is 10.2. The van der Waals surface area contributed by atoms with Crippen LogP contribution in [0.1, 0.15) is 25.7 Å². The zero-order valence-electron chi connectivity index (χ0n) is 13.3. The first-order chi connectivity index (χ1) is 11.6. The SMILES string of the molecule is O=S(=O)(C1CC1)N1CCC(Nc2nc(-c3ccccc3)ns2)CC1. The van der Waals surface area contributed by atoms with Crippen LogP contribution >= 0.6 is 11.5 Å². The molecule has 0 atom stereocenters. The van der Waals surface area contributed by atoms with Crippen LogP contribution in [0.25, 0.3) is 11.4 Å². The minimum Gasteiger partial charge on any atom is -0.357 e. The predicted molar refractivity (Wildman–Crippen MR) is 95.5 cm³/mol. The minimum absolute atomic E-state index is 0.112. The van der Waals surface area contributed by atoms with Crippen molar-refractivity contribution in [1.29, 1.82) is 0 Å². The van der Waals surface area contributed by atoms with Gasteiger partial charge in [-0.1, -0.05) is 30.3 Å². The molecule has 1 saturated heterocycles. The zero-order valence-corrected chi connectivity index (χ0v) is 14.9. The Morgan fingerprint density at radius 3 is 2.46 bits per heavy atom. The molecule has 6 nitrogen and oxygen atoms in total. The Morgan fingerprint density at radius 1 is 1.08 bits per heavy atom. The number of hydrogen-bond acceptors (Lipinski definition) is 6. The van der Waals surface area contributed by atoms with E-state index in [0.717, 1.165) is 42.2 Å². The maximum Gasteiger partial charge on any atom is 0.216 e. The fourth-order valence-corrected chi connectivity index (χ4v) is 5.53. The van der Waals surface area contributed by atoms with Crippen LogP contribution in [0.5, 0.6) is 0 Å². The number of nitrogens with zero attached hydrogens (tertiary/aromatic N) is 3. The second-order valence-corrected chi connectivity index (χ2v) is 9.32. The van der Waals surface area contributed by atoms with Gasteiger partial charge in [0.15, 0.2) is 5.82 Å². The van der Waals surface area contributed by atoms with Crippen molar-refractivity contribution < 1.29 is 8.42 Å². The zero-order chi connectivity index (χ0) is 16.6. The highest BCUT2D eigenvalue weighted by Crippen LogP contribution is 2.32. The lowest BCUT2D eigenvalue weighted by molar-refractivity contribution is 0.329. The minimum atomic E-state index is -3.04. The summed E-state index contributed by atoms with van der Waals surface area (Å²) in [5, 5.41) is 4.10. The first kappa shape index (κ1) is 16.0. The van der Waals surface area contributed by atoms with Gasteiger partial charge in [0, 0.05) is 36.2 Å². The van der Waals surface area contributed by atoms with Crippen LogP contribution in [0.15, 0.2) is 30.3 Å². The molecule has 2 aliphatic rings. The summed E-state index contributed by atoms with van der Waals surface area (Å²) in [5.41, 5.74) is 1.01.